The molecule has 1 saturated carbocycles. The third kappa shape index (κ3) is 5.61. The summed E-state index contributed by atoms with van der Waals surface area (Å²) in [4.78, 5) is 10.4. The largest absolute Gasteiger partial charge is 0.365 e. The van der Waals surface area contributed by atoms with Crippen LogP contribution in [0.25, 0.3) is 22.2 Å². The summed E-state index contributed by atoms with van der Waals surface area (Å²) in [7, 11) is 0. The quantitative estimate of drug-likeness (QED) is 0.261. The monoisotopic (exact) mass is 528 g/mol. The van der Waals surface area contributed by atoms with Gasteiger partial charge in [0.2, 0.25) is 0 Å². The van der Waals surface area contributed by atoms with Crippen LogP contribution in [0.5, 0.6) is 0 Å². The number of nitrogens with one attached hydrogen (secondary N) is 1. The van der Waals surface area contributed by atoms with E-state index in [0.29, 0.717) is 34.9 Å². The smallest absolute Gasteiger partial charge is 0.144 e. The standard InChI is InChI=1S/C31H30ClFN4O/c32-26-15-28-29(16-27(26)33)36-30(35-28)19-38-31(24-10-12-37(13-11-24)18-20-4-5-20)23-8-6-22(7-9-23)25-3-1-2-21(14-25)17-34/h1-3,6-9,14-16,20,24,31H,4-5,10-13,18-19H2,(H,35,36). The molecule has 6 rings (SSSR count). The van der Waals surface area contributed by atoms with E-state index >= 15 is 0 Å². The predicted octanol–water partition coefficient (Wildman–Crippen LogP) is 7.27. The van der Waals surface area contributed by atoms with E-state index in [1.165, 1.54) is 25.5 Å². The normalized spacial score (nSPS) is 17.5. The summed E-state index contributed by atoms with van der Waals surface area (Å²) in [5.41, 5.74) is 5.12. The fourth-order valence-electron chi connectivity index (χ4n) is 5.54. The maximum Gasteiger partial charge on any atom is 0.144 e. The van der Waals surface area contributed by atoms with Gasteiger partial charge in [-0.1, -0.05) is 48.0 Å². The van der Waals surface area contributed by atoms with Crippen LogP contribution in [0.1, 0.15) is 48.7 Å². The molecule has 1 aliphatic carbocycles. The molecule has 1 N–H and O–H groups in total. The highest BCUT2D eigenvalue weighted by Crippen LogP contribution is 2.37. The van der Waals surface area contributed by atoms with Gasteiger partial charge in [-0.05, 0) is 85.5 Å². The van der Waals surface area contributed by atoms with E-state index < -0.39 is 5.82 Å². The SMILES string of the molecule is N#Cc1cccc(-c2ccc(C(OCc3nc4cc(F)c(Cl)cc4[nH]3)C3CCN(CC4CC4)CC3)cc2)c1. The summed E-state index contributed by atoms with van der Waals surface area (Å²) < 4.78 is 20.5. The predicted molar refractivity (Wildman–Crippen MR) is 147 cm³/mol. The van der Waals surface area contributed by atoms with Crippen molar-refractivity contribution < 1.29 is 9.13 Å². The van der Waals surface area contributed by atoms with Crippen molar-refractivity contribution in [1.29, 1.82) is 5.26 Å². The summed E-state index contributed by atoms with van der Waals surface area (Å²) in [5.74, 6) is 1.48. The van der Waals surface area contributed by atoms with Crippen LogP contribution in [0.15, 0.2) is 60.7 Å². The second-order valence-electron chi connectivity index (χ2n) is 10.6. The van der Waals surface area contributed by atoms with Crippen LogP contribution in [0, 0.1) is 29.0 Å². The minimum absolute atomic E-state index is 0.0739. The number of ether oxygens (including phenoxy) is 1. The van der Waals surface area contributed by atoms with E-state index in [0.717, 1.165) is 48.5 Å². The van der Waals surface area contributed by atoms with Gasteiger partial charge in [0.05, 0.1) is 33.8 Å². The number of hydrogen-bond acceptors (Lipinski definition) is 4. The minimum Gasteiger partial charge on any atom is -0.365 e. The van der Waals surface area contributed by atoms with Crippen LogP contribution < -0.4 is 0 Å². The molecular formula is C31H30ClFN4O. The van der Waals surface area contributed by atoms with Crippen LogP contribution >= 0.6 is 11.6 Å². The van der Waals surface area contributed by atoms with Crippen LogP contribution in [0.2, 0.25) is 5.02 Å². The molecule has 0 bridgehead atoms. The fraction of sp³-hybridized carbons (Fsp3) is 0.355. The third-order valence-electron chi connectivity index (χ3n) is 7.81. The Morgan fingerprint density at radius 3 is 2.58 bits per heavy atom. The van der Waals surface area contributed by atoms with Gasteiger partial charge in [0.25, 0.3) is 0 Å². The molecule has 1 unspecified atom stereocenters. The molecule has 1 aliphatic heterocycles. The molecule has 1 aromatic heterocycles. The average Bonchev–Trinajstić information content (AvgIpc) is 3.68. The Balaban J connectivity index is 1.22. The molecular weight excluding hydrogens is 499 g/mol. The first kappa shape index (κ1) is 25.1. The Morgan fingerprint density at radius 1 is 1.05 bits per heavy atom. The van der Waals surface area contributed by atoms with Crippen molar-refractivity contribution in [3.8, 4) is 17.2 Å². The van der Waals surface area contributed by atoms with Crippen LogP contribution in [0.4, 0.5) is 4.39 Å². The number of rotatable bonds is 8. The molecule has 0 amide bonds. The van der Waals surface area contributed by atoms with E-state index in [4.69, 9.17) is 16.3 Å². The van der Waals surface area contributed by atoms with Crippen molar-refractivity contribution in [2.24, 2.45) is 11.8 Å². The molecule has 5 nitrogen and oxygen atoms in total. The van der Waals surface area contributed by atoms with Gasteiger partial charge in [0.15, 0.2) is 0 Å². The van der Waals surface area contributed by atoms with Crippen molar-refractivity contribution >= 4 is 22.6 Å². The van der Waals surface area contributed by atoms with Crippen molar-refractivity contribution in [3.05, 3.63) is 88.5 Å². The summed E-state index contributed by atoms with van der Waals surface area (Å²) >= 11 is 5.95. The number of piperidine rings is 1. The van der Waals surface area contributed by atoms with Crippen molar-refractivity contribution in [2.45, 2.75) is 38.4 Å². The van der Waals surface area contributed by atoms with Crippen molar-refractivity contribution in [1.82, 2.24) is 14.9 Å². The van der Waals surface area contributed by atoms with Gasteiger partial charge in [-0.3, -0.25) is 0 Å². The number of fused-ring (bicyclic) bond motifs is 1. The first-order valence-corrected chi connectivity index (χ1v) is 13.7. The summed E-state index contributed by atoms with van der Waals surface area (Å²) in [6, 6.07) is 21.3. The number of benzene rings is 3. The van der Waals surface area contributed by atoms with Gasteiger partial charge in [-0.25, -0.2) is 9.37 Å². The first-order valence-electron chi connectivity index (χ1n) is 13.3. The number of imidazole rings is 1. The Kier molecular flexibility index (Phi) is 7.16. The van der Waals surface area contributed by atoms with Crippen molar-refractivity contribution in [3.63, 3.8) is 0 Å². The Bertz CT molecular complexity index is 1430. The molecule has 38 heavy (non-hydrogen) atoms. The number of halogens is 2. The molecule has 4 aromatic rings. The van der Waals surface area contributed by atoms with Crippen LogP contribution in [-0.4, -0.2) is 34.5 Å². The van der Waals surface area contributed by atoms with Gasteiger partial charge < -0.3 is 14.6 Å². The number of hydrogen-bond donors (Lipinski definition) is 1. The molecule has 0 radical (unpaired) electrons. The Morgan fingerprint density at radius 2 is 1.84 bits per heavy atom. The lowest BCUT2D eigenvalue weighted by Crippen LogP contribution is -2.37. The number of nitriles is 1. The molecule has 2 fully saturated rings. The van der Waals surface area contributed by atoms with Gasteiger partial charge in [0.1, 0.15) is 18.2 Å². The third-order valence-corrected chi connectivity index (χ3v) is 8.10. The lowest BCUT2D eigenvalue weighted by atomic mass is 9.86. The minimum atomic E-state index is -0.477. The van der Waals surface area contributed by atoms with E-state index in [1.54, 1.807) is 6.07 Å². The second kappa shape index (κ2) is 10.9. The highest BCUT2D eigenvalue weighted by Gasteiger charge is 2.31. The molecule has 194 valence electrons. The average molecular weight is 529 g/mol. The zero-order valence-electron chi connectivity index (χ0n) is 21.2. The summed E-state index contributed by atoms with van der Waals surface area (Å²) in [6.45, 7) is 3.73. The van der Waals surface area contributed by atoms with Gasteiger partial charge in [-0.2, -0.15) is 5.26 Å². The molecule has 1 atom stereocenters. The van der Waals surface area contributed by atoms with E-state index in [-0.39, 0.29) is 11.1 Å². The molecule has 2 aliphatic rings. The highest BCUT2D eigenvalue weighted by molar-refractivity contribution is 6.31. The number of aromatic amines is 1. The van der Waals surface area contributed by atoms with Crippen LogP contribution in [0.3, 0.4) is 0 Å². The van der Waals surface area contributed by atoms with Gasteiger partial charge in [0, 0.05) is 12.6 Å². The van der Waals surface area contributed by atoms with E-state index in [1.807, 2.05) is 24.3 Å². The zero-order chi connectivity index (χ0) is 26.1. The Hall–Kier alpha value is -3.24. The van der Waals surface area contributed by atoms with E-state index in [9.17, 15) is 9.65 Å². The molecule has 3 aromatic carbocycles. The first-order chi connectivity index (χ1) is 18.6. The topological polar surface area (TPSA) is 64.9 Å². The zero-order valence-corrected chi connectivity index (χ0v) is 21.9. The molecule has 2 heterocycles. The van der Waals surface area contributed by atoms with E-state index in [2.05, 4.69) is 45.2 Å². The Labute approximate surface area is 227 Å². The highest BCUT2D eigenvalue weighted by atomic mass is 35.5. The number of H-pyrrole nitrogens is 1. The molecule has 0 spiro atoms. The van der Waals surface area contributed by atoms with Gasteiger partial charge in [-0.15, -0.1) is 0 Å². The maximum atomic E-state index is 13.9. The summed E-state index contributed by atoms with van der Waals surface area (Å²) in [5, 5.41) is 9.34. The lowest BCUT2D eigenvalue weighted by molar-refractivity contribution is -0.0239. The lowest BCUT2D eigenvalue weighted by Gasteiger charge is -2.36. The van der Waals surface area contributed by atoms with Crippen molar-refractivity contribution in [2.75, 3.05) is 19.6 Å². The molecule has 7 heteroatoms. The van der Waals surface area contributed by atoms with Gasteiger partial charge >= 0.3 is 0 Å². The molecule has 1 saturated heterocycles. The number of aromatic nitrogens is 2. The summed E-state index contributed by atoms with van der Waals surface area (Å²) in [6.07, 6.45) is 4.85. The second-order valence-corrected chi connectivity index (χ2v) is 11.0. The maximum absolute atomic E-state index is 13.9. The number of nitrogens with zero attached hydrogens (tertiary/aromatic N) is 3. The number of likely N-dealkylation sites (tertiary alicyclic amines) is 1. The van der Waals surface area contributed by atoms with Crippen LogP contribution in [-0.2, 0) is 11.3 Å². The fourth-order valence-corrected chi connectivity index (χ4v) is 5.70.